The number of hydrogen-bond acceptors (Lipinski definition) is 5. The van der Waals surface area contributed by atoms with Gasteiger partial charge in [-0.15, -0.1) is 35.3 Å². The van der Waals surface area contributed by atoms with Crippen LogP contribution in [0, 0.1) is 6.92 Å². The van der Waals surface area contributed by atoms with Gasteiger partial charge in [0, 0.05) is 49.9 Å². The van der Waals surface area contributed by atoms with Gasteiger partial charge in [0.05, 0.1) is 5.01 Å². The summed E-state index contributed by atoms with van der Waals surface area (Å²) in [5, 5.41) is 11.1. The molecule has 0 aliphatic rings. The molecule has 26 heavy (non-hydrogen) atoms. The maximum absolute atomic E-state index is 4.63. The predicted octanol–water partition coefficient (Wildman–Crippen LogP) is 3.45. The molecule has 0 bridgehead atoms. The number of nitrogens with one attached hydrogen (secondary N) is 3. The molecule has 2 rings (SSSR count). The van der Waals surface area contributed by atoms with Gasteiger partial charge < -0.3 is 16.0 Å². The number of aliphatic imine (C=N–C) groups is 1. The first-order valence-electron chi connectivity index (χ1n) is 8.86. The number of thiazole rings is 1. The number of unbranched alkanes of at least 4 members (excludes halogenated alkanes) is 1. The third-order valence-electron chi connectivity index (χ3n) is 3.47. The number of rotatable bonds is 10. The highest BCUT2D eigenvalue weighted by Crippen LogP contribution is 2.10. The van der Waals surface area contributed by atoms with E-state index in [0.717, 1.165) is 57.2 Å². The number of hydrogen-bond donors (Lipinski definition) is 3. The van der Waals surface area contributed by atoms with Crippen molar-refractivity contribution in [3.8, 4) is 0 Å². The first kappa shape index (κ1) is 22.6. The van der Waals surface area contributed by atoms with Crippen molar-refractivity contribution in [2.24, 2.45) is 4.99 Å². The third kappa shape index (κ3) is 9.33. The van der Waals surface area contributed by atoms with E-state index in [1.165, 1.54) is 9.88 Å². The topological polar surface area (TPSA) is 74.2 Å². The molecule has 0 saturated carbocycles. The molecule has 0 spiro atoms. The second-order valence-corrected chi connectivity index (χ2v) is 6.97. The Hall–Kier alpha value is -1.42. The van der Waals surface area contributed by atoms with Crippen LogP contribution in [0.15, 0.2) is 35.6 Å². The van der Waals surface area contributed by atoms with Crippen molar-refractivity contribution >= 4 is 47.1 Å². The Morgan fingerprint density at radius 2 is 2.04 bits per heavy atom. The Morgan fingerprint density at radius 1 is 1.15 bits per heavy atom. The Labute approximate surface area is 177 Å². The van der Waals surface area contributed by atoms with Crippen molar-refractivity contribution in [2.45, 2.75) is 33.1 Å². The number of aryl methyl sites for hydroxylation is 1. The SMILES string of the molecule is CCNC(=NCCCCNc1ccccn1)NCCc1ncc(C)s1.I. The molecule has 144 valence electrons. The van der Waals surface area contributed by atoms with Crippen molar-refractivity contribution in [3.63, 3.8) is 0 Å². The minimum absolute atomic E-state index is 0. The molecule has 3 N–H and O–H groups in total. The van der Waals surface area contributed by atoms with E-state index in [4.69, 9.17) is 0 Å². The van der Waals surface area contributed by atoms with Crippen LogP contribution in [0.4, 0.5) is 5.82 Å². The Balaban J connectivity index is 0.00000338. The lowest BCUT2D eigenvalue weighted by Gasteiger charge is -2.10. The molecule has 6 nitrogen and oxygen atoms in total. The van der Waals surface area contributed by atoms with E-state index in [0.29, 0.717) is 0 Å². The minimum Gasteiger partial charge on any atom is -0.370 e. The van der Waals surface area contributed by atoms with Crippen LogP contribution < -0.4 is 16.0 Å². The van der Waals surface area contributed by atoms with Crippen molar-refractivity contribution in [1.82, 2.24) is 20.6 Å². The summed E-state index contributed by atoms with van der Waals surface area (Å²) in [6, 6.07) is 5.89. The van der Waals surface area contributed by atoms with Crippen molar-refractivity contribution < 1.29 is 0 Å². The van der Waals surface area contributed by atoms with Crippen LogP contribution in [-0.4, -0.2) is 42.1 Å². The summed E-state index contributed by atoms with van der Waals surface area (Å²) in [5.74, 6) is 1.81. The molecular weight excluding hydrogens is 459 g/mol. The summed E-state index contributed by atoms with van der Waals surface area (Å²) in [7, 11) is 0. The van der Waals surface area contributed by atoms with Crippen LogP contribution in [0.1, 0.15) is 29.7 Å². The van der Waals surface area contributed by atoms with Gasteiger partial charge in [-0.2, -0.15) is 0 Å². The molecule has 0 aliphatic carbocycles. The minimum atomic E-state index is 0. The van der Waals surface area contributed by atoms with Crippen LogP contribution in [0.5, 0.6) is 0 Å². The molecular formula is C18H29IN6S. The summed E-state index contributed by atoms with van der Waals surface area (Å²) < 4.78 is 0. The van der Waals surface area contributed by atoms with Gasteiger partial charge >= 0.3 is 0 Å². The summed E-state index contributed by atoms with van der Waals surface area (Å²) in [5.41, 5.74) is 0. The summed E-state index contributed by atoms with van der Waals surface area (Å²) in [6.45, 7) is 7.61. The van der Waals surface area contributed by atoms with Gasteiger partial charge in [0.15, 0.2) is 5.96 Å². The van der Waals surface area contributed by atoms with E-state index < -0.39 is 0 Å². The average molecular weight is 488 g/mol. The van der Waals surface area contributed by atoms with E-state index in [2.05, 4.69) is 44.8 Å². The fourth-order valence-corrected chi connectivity index (χ4v) is 3.04. The number of aromatic nitrogens is 2. The van der Waals surface area contributed by atoms with E-state index in [1.54, 1.807) is 17.5 Å². The number of halogens is 1. The van der Waals surface area contributed by atoms with E-state index in [9.17, 15) is 0 Å². The fraction of sp³-hybridized carbons (Fsp3) is 0.500. The molecule has 0 unspecified atom stereocenters. The second kappa shape index (κ2) is 13.7. The van der Waals surface area contributed by atoms with E-state index in [-0.39, 0.29) is 24.0 Å². The highest BCUT2D eigenvalue weighted by Gasteiger charge is 2.00. The van der Waals surface area contributed by atoms with Gasteiger partial charge in [-0.3, -0.25) is 4.99 Å². The maximum Gasteiger partial charge on any atom is 0.191 e. The van der Waals surface area contributed by atoms with Gasteiger partial charge in [0.2, 0.25) is 0 Å². The van der Waals surface area contributed by atoms with Crippen LogP contribution in [-0.2, 0) is 6.42 Å². The molecule has 0 aromatic carbocycles. The summed E-state index contributed by atoms with van der Waals surface area (Å²) >= 11 is 1.75. The zero-order valence-electron chi connectivity index (χ0n) is 15.5. The average Bonchev–Trinajstić information content (AvgIpc) is 3.04. The summed E-state index contributed by atoms with van der Waals surface area (Å²) in [6.07, 6.45) is 6.77. The monoisotopic (exact) mass is 488 g/mol. The highest BCUT2D eigenvalue weighted by atomic mass is 127. The first-order chi connectivity index (χ1) is 12.3. The molecule has 0 fully saturated rings. The molecule has 2 aromatic heterocycles. The quantitative estimate of drug-likeness (QED) is 0.207. The third-order valence-corrected chi connectivity index (χ3v) is 4.44. The van der Waals surface area contributed by atoms with Crippen molar-refractivity contribution in [2.75, 3.05) is 31.5 Å². The van der Waals surface area contributed by atoms with Crippen molar-refractivity contribution in [3.05, 3.63) is 40.5 Å². The molecule has 0 saturated heterocycles. The molecule has 0 aliphatic heterocycles. The van der Waals surface area contributed by atoms with Gasteiger partial charge in [-0.05, 0) is 38.8 Å². The second-order valence-electron chi connectivity index (χ2n) is 5.65. The summed E-state index contributed by atoms with van der Waals surface area (Å²) in [4.78, 5) is 14.5. The lowest BCUT2D eigenvalue weighted by molar-refractivity contribution is 0.749. The number of anilines is 1. The highest BCUT2D eigenvalue weighted by molar-refractivity contribution is 14.0. The molecule has 8 heteroatoms. The van der Waals surface area contributed by atoms with Crippen LogP contribution in [0.3, 0.4) is 0 Å². The molecule has 0 atom stereocenters. The van der Waals surface area contributed by atoms with Gasteiger partial charge in [0.25, 0.3) is 0 Å². The van der Waals surface area contributed by atoms with Gasteiger partial charge in [0.1, 0.15) is 5.82 Å². The zero-order chi connectivity index (χ0) is 17.7. The first-order valence-corrected chi connectivity index (χ1v) is 9.68. The predicted molar refractivity (Wildman–Crippen MR) is 122 cm³/mol. The normalized spacial score (nSPS) is 10.9. The van der Waals surface area contributed by atoms with E-state index in [1.807, 2.05) is 24.4 Å². The number of nitrogens with zero attached hydrogens (tertiary/aromatic N) is 3. The van der Waals surface area contributed by atoms with Crippen molar-refractivity contribution in [1.29, 1.82) is 0 Å². The van der Waals surface area contributed by atoms with Gasteiger partial charge in [-0.25, -0.2) is 9.97 Å². The zero-order valence-corrected chi connectivity index (χ0v) is 18.6. The molecule has 2 aromatic rings. The molecule has 0 radical (unpaired) electrons. The smallest absolute Gasteiger partial charge is 0.191 e. The fourth-order valence-electron chi connectivity index (χ4n) is 2.26. The Morgan fingerprint density at radius 3 is 2.73 bits per heavy atom. The standard InChI is InChI=1S/C18H28N6S.HI/c1-3-19-18(23-13-9-17-24-14-15(2)25-17)22-12-7-6-11-21-16-8-4-5-10-20-16;/h4-5,8,10,14H,3,6-7,9,11-13H2,1-2H3,(H,20,21)(H2,19,22,23);1H. The number of pyridine rings is 1. The lowest BCUT2D eigenvalue weighted by atomic mass is 10.3. The van der Waals surface area contributed by atoms with Gasteiger partial charge in [-0.1, -0.05) is 6.07 Å². The lowest BCUT2D eigenvalue weighted by Crippen LogP contribution is -2.38. The Bertz CT molecular complexity index is 632. The largest absolute Gasteiger partial charge is 0.370 e. The van der Waals surface area contributed by atoms with E-state index >= 15 is 0 Å². The molecule has 2 heterocycles. The van der Waals surface area contributed by atoms with Crippen LogP contribution >= 0.6 is 35.3 Å². The molecule has 0 amide bonds. The maximum atomic E-state index is 4.63. The number of guanidine groups is 1. The van der Waals surface area contributed by atoms with Crippen LogP contribution in [0.2, 0.25) is 0 Å². The Kier molecular flexibility index (Phi) is 12.0. The van der Waals surface area contributed by atoms with Crippen LogP contribution in [0.25, 0.3) is 0 Å².